The van der Waals surface area contributed by atoms with E-state index in [0.717, 1.165) is 42.0 Å². The number of benzene rings is 2. The van der Waals surface area contributed by atoms with Gasteiger partial charge in [0.05, 0.1) is 18.1 Å². The smallest absolute Gasteiger partial charge is 0.260 e. The quantitative estimate of drug-likeness (QED) is 0.753. The molecule has 6 heteroatoms. The van der Waals surface area contributed by atoms with Crippen molar-refractivity contribution in [1.82, 2.24) is 14.9 Å². The number of carbonyl (C=O) groups excluding carboxylic acids is 1. The van der Waals surface area contributed by atoms with E-state index in [1.165, 1.54) is 0 Å². The van der Waals surface area contributed by atoms with Crippen LogP contribution in [0.4, 0.5) is 0 Å². The Balaban J connectivity index is 1.37. The molecule has 0 radical (unpaired) electrons. The lowest BCUT2D eigenvalue weighted by Crippen LogP contribution is -2.41. The van der Waals surface area contributed by atoms with E-state index in [4.69, 9.17) is 14.5 Å². The topological polar surface area (TPSA) is 67.5 Å². The molecule has 1 fully saturated rings. The Hall–Kier alpha value is -3.02. The zero-order valence-corrected chi connectivity index (χ0v) is 15.4. The Labute approximate surface area is 158 Å². The fourth-order valence-electron chi connectivity index (χ4n) is 3.50. The van der Waals surface area contributed by atoms with Gasteiger partial charge < -0.3 is 19.4 Å². The van der Waals surface area contributed by atoms with Crippen LogP contribution in [0.3, 0.4) is 0 Å². The van der Waals surface area contributed by atoms with Gasteiger partial charge in [-0.15, -0.1) is 0 Å². The van der Waals surface area contributed by atoms with Crippen molar-refractivity contribution in [2.24, 2.45) is 0 Å². The average Bonchev–Trinajstić information content (AvgIpc) is 3.17. The van der Waals surface area contributed by atoms with Crippen molar-refractivity contribution < 1.29 is 14.3 Å². The molecule has 1 aliphatic heterocycles. The maximum absolute atomic E-state index is 12.6. The van der Waals surface area contributed by atoms with E-state index in [0.29, 0.717) is 12.3 Å². The van der Waals surface area contributed by atoms with Gasteiger partial charge in [-0.25, -0.2) is 4.98 Å². The van der Waals surface area contributed by atoms with Crippen LogP contribution in [0.25, 0.3) is 11.0 Å². The summed E-state index contributed by atoms with van der Waals surface area (Å²) in [6.45, 7) is 1.48. The number of piperidine rings is 1. The number of aromatic nitrogens is 2. The van der Waals surface area contributed by atoms with Gasteiger partial charge in [-0.3, -0.25) is 4.79 Å². The van der Waals surface area contributed by atoms with Gasteiger partial charge in [0, 0.05) is 19.0 Å². The van der Waals surface area contributed by atoms with Crippen molar-refractivity contribution in [3.05, 3.63) is 54.4 Å². The van der Waals surface area contributed by atoms with Gasteiger partial charge in [0.1, 0.15) is 17.3 Å². The van der Waals surface area contributed by atoms with Gasteiger partial charge in [0.15, 0.2) is 6.61 Å². The summed E-state index contributed by atoms with van der Waals surface area (Å²) in [6.07, 6.45) is 2.00. The van der Waals surface area contributed by atoms with E-state index < -0.39 is 0 Å². The summed E-state index contributed by atoms with van der Waals surface area (Å²) in [5.74, 6) is 2.63. The predicted molar refractivity (Wildman–Crippen MR) is 103 cm³/mol. The van der Waals surface area contributed by atoms with Crippen molar-refractivity contribution in [3.8, 4) is 11.5 Å². The largest absolute Gasteiger partial charge is 0.497 e. The van der Waals surface area contributed by atoms with Gasteiger partial charge in [-0.1, -0.05) is 12.1 Å². The Morgan fingerprint density at radius 1 is 1.19 bits per heavy atom. The number of para-hydroxylation sites is 2. The number of imidazole rings is 1. The summed E-state index contributed by atoms with van der Waals surface area (Å²) in [5.41, 5.74) is 2.01. The third-order valence-electron chi connectivity index (χ3n) is 4.99. The Kier molecular flexibility index (Phi) is 4.96. The lowest BCUT2D eigenvalue weighted by Gasteiger charge is -2.31. The molecule has 2 aromatic carbocycles. The number of nitrogens with zero attached hydrogens (tertiary/aromatic N) is 2. The molecule has 0 spiro atoms. The third-order valence-corrected chi connectivity index (χ3v) is 4.99. The minimum absolute atomic E-state index is 0.00614. The number of fused-ring (bicyclic) bond motifs is 1. The number of hydrogen-bond acceptors (Lipinski definition) is 4. The molecule has 140 valence electrons. The van der Waals surface area contributed by atoms with Crippen LogP contribution in [0.2, 0.25) is 0 Å². The van der Waals surface area contributed by atoms with Crippen molar-refractivity contribution in [3.63, 3.8) is 0 Å². The van der Waals surface area contributed by atoms with Crippen LogP contribution in [-0.2, 0) is 4.79 Å². The van der Waals surface area contributed by atoms with Crippen LogP contribution < -0.4 is 9.47 Å². The van der Waals surface area contributed by atoms with Crippen LogP contribution in [0.5, 0.6) is 11.5 Å². The van der Waals surface area contributed by atoms with Crippen molar-refractivity contribution in [2.45, 2.75) is 18.8 Å². The first-order valence-electron chi connectivity index (χ1n) is 9.22. The number of nitrogens with one attached hydrogen (secondary N) is 1. The number of amides is 1. The first-order valence-corrected chi connectivity index (χ1v) is 9.22. The molecule has 4 rings (SSSR count). The third kappa shape index (κ3) is 3.89. The second-order valence-corrected chi connectivity index (χ2v) is 6.78. The lowest BCUT2D eigenvalue weighted by molar-refractivity contribution is -0.134. The normalized spacial score (nSPS) is 17.1. The molecule has 1 unspecified atom stereocenters. The maximum Gasteiger partial charge on any atom is 0.260 e. The zero-order chi connectivity index (χ0) is 18.6. The van der Waals surface area contributed by atoms with Gasteiger partial charge in [-0.2, -0.15) is 0 Å². The molecule has 1 atom stereocenters. The Morgan fingerprint density at radius 3 is 2.74 bits per heavy atom. The number of methoxy groups -OCH3 is 1. The Morgan fingerprint density at radius 2 is 1.96 bits per heavy atom. The SMILES string of the molecule is COc1ccc(OCC(=O)N2CCCC(c3nc4ccccc4[nH]3)C2)cc1. The minimum Gasteiger partial charge on any atom is -0.497 e. The van der Waals surface area contributed by atoms with Gasteiger partial charge >= 0.3 is 0 Å². The molecule has 1 aromatic heterocycles. The molecule has 0 saturated carbocycles. The standard InChI is InChI=1S/C21H23N3O3/c1-26-16-8-10-17(11-9-16)27-14-20(25)24-12-4-5-15(13-24)21-22-18-6-2-3-7-19(18)23-21/h2-3,6-11,15H,4-5,12-14H2,1H3,(H,22,23). The first-order chi connectivity index (χ1) is 13.2. The van der Waals surface area contributed by atoms with E-state index in [2.05, 4.69) is 4.98 Å². The molecule has 1 N–H and O–H groups in total. The molecular formula is C21H23N3O3. The number of hydrogen-bond donors (Lipinski definition) is 1. The van der Waals surface area contributed by atoms with E-state index in [9.17, 15) is 4.79 Å². The maximum atomic E-state index is 12.6. The molecule has 1 amide bonds. The zero-order valence-electron chi connectivity index (χ0n) is 15.4. The molecule has 3 aromatic rings. The molecule has 6 nitrogen and oxygen atoms in total. The predicted octanol–water partition coefficient (Wildman–Crippen LogP) is 3.36. The highest BCUT2D eigenvalue weighted by atomic mass is 16.5. The number of likely N-dealkylation sites (tertiary alicyclic amines) is 1. The summed E-state index contributed by atoms with van der Waals surface area (Å²) < 4.78 is 10.8. The summed E-state index contributed by atoms with van der Waals surface area (Å²) in [6, 6.07) is 15.3. The van der Waals surface area contributed by atoms with Crippen molar-refractivity contribution in [2.75, 3.05) is 26.8 Å². The van der Waals surface area contributed by atoms with Crippen LogP contribution in [-0.4, -0.2) is 47.6 Å². The average molecular weight is 365 g/mol. The lowest BCUT2D eigenvalue weighted by atomic mass is 9.97. The van der Waals surface area contributed by atoms with Crippen LogP contribution >= 0.6 is 0 Å². The number of rotatable bonds is 5. The number of aromatic amines is 1. The summed E-state index contributed by atoms with van der Waals surface area (Å²) in [5, 5.41) is 0. The summed E-state index contributed by atoms with van der Waals surface area (Å²) in [4.78, 5) is 22.6. The van der Waals surface area contributed by atoms with E-state index in [-0.39, 0.29) is 18.4 Å². The molecule has 1 saturated heterocycles. The molecule has 27 heavy (non-hydrogen) atoms. The van der Waals surface area contributed by atoms with Crippen LogP contribution in [0.1, 0.15) is 24.6 Å². The molecule has 1 aliphatic rings. The van der Waals surface area contributed by atoms with E-state index >= 15 is 0 Å². The Bertz CT molecular complexity index is 887. The van der Waals surface area contributed by atoms with Gasteiger partial charge in [0.2, 0.25) is 0 Å². The fraction of sp³-hybridized carbons (Fsp3) is 0.333. The second-order valence-electron chi connectivity index (χ2n) is 6.78. The molecule has 0 bridgehead atoms. The highest BCUT2D eigenvalue weighted by Crippen LogP contribution is 2.27. The minimum atomic E-state index is 0.00614. The van der Waals surface area contributed by atoms with Crippen molar-refractivity contribution in [1.29, 1.82) is 0 Å². The number of carbonyl (C=O) groups is 1. The van der Waals surface area contributed by atoms with E-state index in [1.807, 2.05) is 41.3 Å². The van der Waals surface area contributed by atoms with Gasteiger partial charge in [0.25, 0.3) is 5.91 Å². The number of ether oxygens (including phenoxy) is 2. The monoisotopic (exact) mass is 365 g/mol. The molecule has 0 aliphatic carbocycles. The second kappa shape index (κ2) is 7.70. The van der Waals surface area contributed by atoms with Crippen molar-refractivity contribution >= 4 is 16.9 Å². The van der Waals surface area contributed by atoms with Crippen LogP contribution in [0, 0.1) is 0 Å². The fourth-order valence-corrected chi connectivity index (χ4v) is 3.50. The van der Waals surface area contributed by atoms with Crippen LogP contribution in [0.15, 0.2) is 48.5 Å². The summed E-state index contributed by atoms with van der Waals surface area (Å²) >= 11 is 0. The highest BCUT2D eigenvalue weighted by Gasteiger charge is 2.27. The first kappa shape index (κ1) is 17.4. The molecule has 2 heterocycles. The summed E-state index contributed by atoms with van der Waals surface area (Å²) in [7, 11) is 1.62. The highest BCUT2D eigenvalue weighted by molar-refractivity contribution is 5.78. The van der Waals surface area contributed by atoms with Gasteiger partial charge in [-0.05, 0) is 49.2 Å². The number of H-pyrrole nitrogens is 1. The van der Waals surface area contributed by atoms with E-state index in [1.54, 1.807) is 19.2 Å². The molecular weight excluding hydrogens is 342 g/mol.